The van der Waals surface area contributed by atoms with Crippen molar-refractivity contribution in [1.82, 2.24) is 4.90 Å². The Kier molecular flexibility index (Phi) is 5.73. The molecule has 0 aromatic heterocycles. The summed E-state index contributed by atoms with van der Waals surface area (Å²) < 4.78 is 11.3. The van der Waals surface area contributed by atoms with Crippen molar-refractivity contribution < 1.29 is 14.3 Å². The summed E-state index contributed by atoms with van der Waals surface area (Å²) in [5, 5.41) is 0. The van der Waals surface area contributed by atoms with E-state index in [0.717, 1.165) is 51.2 Å². The Hall–Kier alpha value is -2.01. The highest BCUT2D eigenvalue weighted by Crippen LogP contribution is 2.57. The van der Waals surface area contributed by atoms with Crippen LogP contribution in [0.4, 0.5) is 5.69 Å². The van der Waals surface area contributed by atoms with Gasteiger partial charge in [-0.2, -0.15) is 0 Å². The molecule has 5 nitrogen and oxygen atoms in total. The minimum atomic E-state index is 0.0130. The van der Waals surface area contributed by atoms with Gasteiger partial charge in [0.2, 0.25) is 0 Å². The van der Waals surface area contributed by atoms with Crippen LogP contribution in [0.15, 0.2) is 36.4 Å². The molecule has 1 aromatic carbocycles. The molecule has 2 aliphatic heterocycles. The molecular weight excluding hydrogens is 400 g/mol. The Morgan fingerprint density at radius 2 is 2.03 bits per heavy atom. The zero-order valence-corrected chi connectivity index (χ0v) is 19.9. The quantitative estimate of drug-likeness (QED) is 0.511. The fourth-order valence-corrected chi connectivity index (χ4v) is 7.10. The summed E-state index contributed by atoms with van der Waals surface area (Å²) in [6.45, 7) is 12.9. The van der Waals surface area contributed by atoms with E-state index >= 15 is 0 Å². The van der Waals surface area contributed by atoms with Crippen molar-refractivity contribution in [2.24, 2.45) is 23.2 Å². The number of carbonyl (C=O) groups is 1. The third kappa shape index (κ3) is 3.83. The van der Waals surface area contributed by atoms with E-state index in [1.165, 1.54) is 24.1 Å². The molecule has 174 valence electrons. The molecule has 2 heterocycles. The smallest absolute Gasteiger partial charge is 0.310 e. The first-order chi connectivity index (χ1) is 15.4. The predicted molar refractivity (Wildman–Crippen MR) is 127 cm³/mol. The van der Waals surface area contributed by atoms with Gasteiger partial charge in [0.05, 0.1) is 13.0 Å². The van der Waals surface area contributed by atoms with Crippen molar-refractivity contribution in [3.05, 3.63) is 36.4 Å². The van der Waals surface area contributed by atoms with Crippen LogP contribution in [-0.4, -0.2) is 56.3 Å². The molecule has 2 saturated heterocycles. The van der Waals surface area contributed by atoms with E-state index in [4.69, 9.17) is 9.47 Å². The number of carbonyl (C=O) groups excluding carboxylic acids is 1. The lowest BCUT2D eigenvalue weighted by molar-refractivity contribution is -0.146. The molecule has 4 fully saturated rings. The number of hydrogen-bond acceptors (Lipinski definition) is 5. The van der Waals surface area contributed by atoms with E-state index < -0.39 is 0 Å². The highest BCUT2D eigenvalue weighted by Gasteiger charge is 2.55. The van der Waals surface area contributed by atoms with Gasteiger partial charge >= 0.3 is 5.97 Å². The molecule has 6 atom stereocenters. The van der Waals surface area contributed by atoms with Crippen LogP contribution in [0.25, 0.3) is 0 Å². The molecule has 2 aliphatic carbocycles. The van der Waals surface area contributed by atoms with Crippen LogP contribution in [0.5, 0.6) is 5.75 Å². The number of benzene rings is 1. The Balaban J connectivity index is 1.24. The topological polar surface area (TPSA) is 42.0 Å². The second-order valence-electron chi connectivity index (χ2n) is 10.9. The Labute approximate surface area is 192 Å². The molecule has 0 radical (unpaired) electrons. The van der Waals surface area contributed by atoms with Crippen LogP contribution in [0.3, 0.4) is 0 Å². The number of anilines is 1. The van der Waals surface area contributed by atoms with Gasteiger partial charge in [-0.15, -0.1) is 0 Å². The normalized spacial score (nSPS) is 37.6. The fourth-order valence-electron chi connectivity index (χ4n) is 7.10. The largest absolute Gasteiger partial charge is 0.497 e. The number of allylic oxidation sites excluding steroid dienone is 1. The van der Waals surface area contributed by atoms with E-state index in [1.54, 1.807) is 7.11 Å². The number of piperazine rings is 1. The Bertz CT molecular complexity index is 868. The number of esters is 1. The lowest BCUT2D eigenvalue weighted by atomic mass is 9.55. The van der Waals surface area contributed by atoms with Gasteiger partial charge in [0.25, 0.3) is 0 Å². The Morgan fingerprint density at radius 1 is 1.25 bits per heavy atom. The second-order valence-corrected chi connectivity index (χ2v) is 10.9. The van der Waals surface area contributed by atoms with Crippen LogP contribution in [0, 0.1) is 23.2 Å². The van der Waals surface area contributed by atoms with Crippen molar-refractivity contribution in [1.29, 1.82) is 0 Å². The number of fused-ring (bicyclic) bond motifs is 2. The predicted octanol–water partition coefficient (Wildman–Crippen LogP) is 4.52. The standard InChI is InChI=1S/C27H38N2O3/c1-18-6-5-11-27(3)15-25-22(14-24(18)27)23(26(30)32-25)17-28-12-13-29(19(2)16-28)20-7-9-21(31-4)10-8-20/h7-10,19,22-25H,1,5-6,11-17H2,2-4H3. The van der Waals surface area contributed by atoms with E-state index in [2.05, 4.69) is 42.4 Å². The number of nitrogens with zero attached hydrogens (tertiary/aromatic N) is 2. The lowest BCUT2D eigenvalue weighted by Crippen LogP contribution is -2.54. The molecular formula is C27H38N2O3. The van der Waals surface area contributed by atoms with Crippen LogP contribution >= 0.6 is 0 Å². The van der Waals surface area contributed by atoms with Crippen LogP contribution in [-0.2, 0) is 9.53 Å². The summed E-state index contributed by atoms with van der Waals surface area (Å²) in [5.41, 5.74) is 2.92. The van der Waals surface area contributed by atoms with Gasteiger partial charge in [-0.05, 0) is 74.6 Å². The summed E-state index contributed by atoms with van der Waals surface area (Å²) in [7, 11) is 1.70. The SMILES string of the molecule is C=C1CCCC2(C)CC3OC(=O)C(CN4CCN(c5ccc(OC)cc5)C(C)C4)C3CC12. The van der Waals surface area contributed by atoms with Crippen LogP contribution in [0.2, 0.25) is 0 Å². The molecule has 1 aromatic rings. The van der Waals surface area contributed by atoms with Crippen molar-refractivity contribution in [3.63, 3.8) is 0 Å². The minimum Gasteiger partial charge on any atom is -0.497 e. The van der Waals surface area contributed by atoms with Crippen molar-refractivity contribution in [3.8, 4) is 5.75 Å². The van der Waals surface area contributed by atoms with Crippen LogP contribution < -0.4 is 9.64 Å². The average molecular weight is 439 g/mol. The van der Waals surface area contributed by atoms with Gasteiger partial charge in [-0.1, -0.05) is 19.1 Å². The first-order valence-corrected chi connectivity index (χ1v) is 12.4. The molecule has 0 spiro atoms. The van der Waals surface area contributed by atoms with Gasteiger partial charge in [0, 0.05) is 43.8 Å². The van der Waals surface area contributed by atoms with E-state index in [1.807, 2.05) is 12.1 Å². The summed E-state index contributed by atoms with van der Waals surface area (Å²) >= 11 is 0. The minimum absolute atomic E-state index is 0.0130. The molecule has 6 unspecified atom stereocenters. The fraction of sp³-hybridized carbons (Fsp3) is 0.667. The summed E-state index contributed by atoms with van der Waals surface area (Å²) in [5.74, 6) is 1.85. The first kappa shape index (κ1) is 21.8. The zero-order chi connectivity index (χ0) is 22.5. The lowest BCUT2D eigenvalue weighted by Gasteiger charge is -2.50. The molecule has 32 heavy (non-hydrogen) atoms. The summed E-state index contributed by atoms with van der Waals surface area (Å²) in [4.78, 5) is 17.9. The monoisotopic (exact) mass is 438 g/mol. The number of methoxy groups -OCH3 is 1. The summed E-state index contributed by atoms with van der Waals surface area (Å²) in [6.07, 6.45) is 5.84. The van der Waals surface area contributed by atoms with Gasteiger partial charge in [-0.3, -0.25) is 9.69 Å². The molecule has 5 rings (SSSR count). The van der Waals surface area contributed by atoms with Crippen molar-refractivity contribution in [2.75, 3.05) is 38.2 Å². The number of hydrogen-bond donors (Lipinski definition) is 0. The average Bonchev–Trinajstić information content (AvgIpc) is 3.06. The molecule has 0 bridgehead atoms. The Morgan fingerprint density at radius 3 is 2.75 bits per heavy atom. The van der Waals surface area contributed by atoms with Gasteiger partial charge < -0.3 is 14.4 Å². The number of rotatable bonds is 4. The maximum atomic E-state index is 12.9. The van der Waals surface area contributed by atoms with E-state index in [9.17, 15) is 4.79 Å². The summed E-state index contributed by atoms with van der Waals surface area (Å²) in [6, 6.07) is 8.73. The van der Waals surface area contributed by atoms with Crippen LogP contribution in [0.1, 0.15) is 46.0 Å². The van der Waals surface area contributed by atoms with Crippen molar-refractivity contribution >= 4 is 11.7 Å². The zero-order valence-electron chi connectivity index (χ0n) is 19.9. The third-order valence-electron chi connectivity index (χ3n) is 8.89. The number of ether oxygens (including phenoxy) is 2. The van der Waals surface area contributed by atoms with Gasteiger partial charge in [-0.25, -0.2) is 0 Å². The highest BCUT2D eigenvalue weighted by atomic mass is 16.6. The second kappa shape index (κ2) is 8.40. The van der Waals surface area contributed by atoms with E-state index in [-0.39, 0.29) is 23.4 Å². The molecule has 0 N–H and O–H groups in total. The maximum absolute atomic E-state index is 12.9. The molecule has 5 heteroatoms. The highest BCUT2D eigenvalue weighted by molar-refractivity contribution is 5.75. The van der Waals surface area contributed by atoms with Crippen molar-refractivity contribution in [2.45, 2.75) is 58.1 Å². The molecule has 0 amide bonds. The molecule has 4 aliphatic rings. The first-order valence-electron chi connectivity index (χ1n) is 12.4. The van der Waals surface area contributed by atoms with Gasteiger partial charge in [0.1, 0.15) is 11.9 Å². The van der Waals surface area contributed by atoms with Gasteiger partial charge in [0.15, 0.2) is 0 Å². The third-order valence-corrected chi connectivity index (χ3v) is 8.89. The van der Waals surface area contributed by atoms with E-state index in [0.29, 0.717) is 17.9 Å². The maximum Gasteiger partial charge on any atom is 0.310 e. The molecule has 2 saturated carbocycles.